The van der Waals surface area contributed by atoms with Gasteiger partial charge in [-0.3, -0.25) is 4.79 Å². The second-order valence-electron chi connectivity index (χ2n) is 9.04. The monoisotopic (exact) mass is 520 g/mol. The van der Waals surface area contributed by atoms with Gasteiger partial charge < -0.3 is 14.8 Å². The van der Waals surface area contributed by atoms with E-state index in [1.807, 2.05) is 12.3 Å². The van der Waals surface area contributed by atoms with Crippen LogP contribution in [0.3, 0.4) is 0 Å². The standard InChI is InChI=1S/C25H27F3N4O3S/c1-14(2)21-11-29-23(36-21)18-6-17(7-20(8-18)35-13-16-4-5-34-12-16)22(33)32-15(3)19-9-30-24(31-10-19)25(26,27)28/h6-11,14-16H,4-5,12-13H2,1-3H3,(H,32,33)/t15?,16-/m1/s1. The Kier molecular flexibility index (Phi) is 7.89. The zero-order chi connectivity index (χ0) is 25.9. The minimum atomic E-state index is -4.63. The van der Waals surface area contributed by atoms with E-state index in [1.54, 1.807) is 30.4 Å². The van der Waals surface area contributed by atoms with Gasteiger partial charge in [-0.05, 0) is 37.5 Å². The van der Waals surface area contributed by atoms with Gasteiger partial charge in [0.1, 0.15) is 10.8 Å². The van der Waals surface area contributed by atoms with Gasteiger partial charge in [0.05, 0.1) is 19.3 Å². The van der Waals surface area contributed by atoms with Gasteiger partial charge in [0.2, 0.25) is 5.82 Å². The molecule has 7 nitrogen and oxygen atoms in total. The van der Waals surface area contributed by atoms with E-state index in [-0.39, 0.29) is 5.92 Å². The average molecular weight is 521 g/mol. The molecular weight excluding hydrogens is 493 g/mol. The molecule has 2 aromatic heterocycles. The van der Waals surface area contributed by atoms with Crippen LogP contribution in [0.4, 0.5) is 13.2 Å². The van der Waals surface area contributed by atoms with Crippen LogP contribution >= 0.6 is 11.3 Å². The summed E-state index contributed by atoms with van der Waals surface area (Å²) >= 11 is 1.55. The predicted octanol–water partition coefficient (Wildman–Crippen LogP) is 5.65. The summed E-state index contributed by atoms with van der Waals surface area (Å²) in [5.74, 6) is -0.475. The number of benzene rings is 1. The average Bonchev–Trinajstić information content (AvgIpc) is 3.54. The number of nitrogens with zero attached hydrogens (tertiary/aromatic N) is 3. The van der Waals surface area contributed by atoms with Crippen LogP contribution in [-0.4, -0.2) is 40.7 Å². The number of carbonyl (C=O) groups excluding carboxylic acids is 1. The zero-order valence-corrected chi connectivity index (χ0v) is 20.9. The molecule has 1 fully saturated rings. The molecule has 3 heterocycles. The largest absolute Gasteiger partial charge is 0.493 e. The molecule has 1 aliphatic rings. The Morgan fingerprint density at radius 1 is 1.17 bits per heavy atom. The number of nitrogens with one attached hydrogen (secondary N) is 1. The number of halogens is 3. The SMILES string of the molecule is CC(C)c1cnc(-c2cc(OC[C@@H]3CCOC3)cc(C(=O)NC(C)c3cnc(C(F)(F)F)nc3)c2)s1. The molecular formula is C25H27F3N4O3S. The van der Waals surface area contributed by atoms with Crippen LogP contribution in [0, 0.1) is 5.92 Å². The number of rotatable bonds is 8. The smallest absolute Gasteiger partial charge is 0.451 e. The van der Waals surface area contributed by atoms with Crippen molar-refractivity contribution in [3.05, 3.63) is 58.6 Å². The molecule has 192 valence electrons. The van der Waals surface area contributed by atoms with E-state index in [0.717, 1.165) is 34.3 Å². The molecule has 2 atom stereocenters. The molecule has 0 saturated carbocycles. The molecule has 0 spiro atoms. The molecule has 11 heteroatoms. The van der Waals surface area contributed by atoms with Crippen molar-refractivity contribution in [2.75, 3.05) is 19.8 Å². The van der Waals surface area contributed by atoms with E-state index in [2.05, 4.69) is 34.1 Å². The highest BCUT2D eigenvalue weighted by Gasteiger charge is 2.34. The third-order valence-electron chi connectivity index (χ3n) is 5.79. The van der Waals surface area contributed by atoms with Crippen molar-refractivity contribution in [1.82, 2.24) is 20.3 Å². The number of thiazole rings is 1. The first-order chi connectivity index (χ1) is 17.1. The summed E-state index contributed by atoms with van der Waals surface area (Å²) in [6, 6.07) is 4.64. The van der Waals surface area contributed by atoms with Crippen LogP contribution in [0.2, 0.25) is 0 Å². The first kappa shape index (κ1) is 26.0. The number of hydrogen-bond acceptors (Lipinski definition) is 7. The van der Waals surface area contributed by atoms with Crippen LogP contribution in [0.1, 0.15) is 65.8 Å². The van der Waals surface area contributed by atoms with Crippen molar-refractivity contribution in [2.24, 2.45) is 5.92 Å². The lowest BCUT2D eigenvalue weighted by Crippen LogP contribution is -2.27. The topological polar surface area (TPSA) is 86.2 Å². The summed E-state index contributed by atoms with van der Waals surface area (Å²) in [5, 5.41) is 3.57. The van der Waals surface area contributed by atoms with Crippen molar-refractivity contribution < 1.29 is 27.4 Å². The summed E-state index contributed by atoms with van der Waals surface area (Å²) in [5.41, 5.74) is 1.46. The summed E-state index contributed by atoms with van der Waals surface area (Å²) in [4.78, 5) is 25.5. The van der Waals surface area contributed by atoms with Crippen molar-refractivity contribution in [3.8, 4) is 16.3 Å². The molecule has 1 aromatic carbocycles. The number of hydrogen-bond donors (Lipinski definition) is 1. The number of ether oxygens (including phenoxy) is 2. The van der Waals surface area contributed by atoms with Crippen LogP contribution in [-0.2, 0) is 10.9 Å². The molecule has 1 N–H and O–H groups in total. The van der Waals surface area contributed by atoms with Gasteiger partial charge in [0, 0.05) is 52.7 Å². The van der Waals surface area contributed by atoms with Crippen LogP contribution in [0.5, 0.6) is 5.75 Å². The molecule has 4 rings (SSSR count). The van der Waals surface area contributed by atoms with E-state index >= 15 is 0 Å². The fourth-order valence-corrected chi connectivity index (χ4v) is 4.53. The maximum atomic E-state index is 13.1. The van der Waals surface area contributed by atoms with E-state index < -0.39 is 23.9 Å². The van der Waals surface area contributed by atoms with Gasteiger partial charge in [-0.15, -0.1) is 11.3 Å². The molecule has 1 aliphatic heterocycles. The van der Waals surface area contributed by atoms with E-state index in [0.29, 0.717) is 42.6 Å². The Morgan fingerprint density at radius 2 is 1.92 bits per heavy atom. The van der Waals surface area contributed by atoms with Crippen molar-refractivity contribution in [3.63, 3.8) is 0 Å². The Morgan fingerprint density at radius 3 is 2.53 bits per heavy atom. The second-order valence-corrected chi connectivity index (χ2v) is 10.1. The quantitative estimate of drug-likeness (QED) is 0.413. The number of aromatic nitrogens is 3. The second kappa shape index (κ2) is 10.9. The highest BCUT2D eigenvalue weighted by molar-refractivity contribution is 7.15. The lowest BCUT2D eigenvalue weighted by atomic mass is 10.1. The van der Waals surface area contributed by atoms with Crippen LogP contribution < -0.4 is 10.1 Å². The van der Waals surface area contributed by atoms with Crippen molar-refractivity contribution in [2.45, 2.75) is 45.3 Å². The lowest BCUT2D eigenvalue weighted by Gasteiger charge is -2.16. The third-order valence-corrected chi connectivity index (χ3v) is 7.14. The Bertz CT molecular complexity index is 1190. The minimum absolute atomic E-state index is 0.290. The lowest BCUT2D eigenvalue weighted by molar-refractivity contribution is -0.145. The highest BCUT2D eigenvalue weighted by atomic mass is 32.1. The molecule has 1 unspecified atom stereocenters. The fraction of sp³-hybridized carbons (Fsp3) is 0.440. The van der Waals surface area contributed by atoms with Gasteiger partial charge in [-0.25, -0.2) is 15.0 Å². The number of carbonyl (C=O) groups is 1. The van der Waals surface area contributed by atoms with Gasteiger partial charge in [-0.1, -0.05) is 13.8 Å². The predicted molar refractivity (Wildman–Crippen MR) is 129 cm³/mol. The summed E-state index contributed by atoms with van der Waals surface area (Å²) in [6.07, 6.45) is 0.263. The summed E-state index contributed by atoms with van der Waals surface area (Å²) < 4.78 is 49.7. The summed E-state index contributed by atoms with van der Waals surface area (Å²) in [6.45, 7) is 7.66. The van der Waals surface area contributed by atoms with Gasteiger partial charge in [0.15, 0.2) is 0 Å². The van der Waals surface area contributed by atoms with Crippen LogP contribution in [0.25, 0.3) is 10.6 Å². The fourth-order valence-electron chi connectivity index (χ4n) is 3.62. The van der Waals surface area contributed by atoms with Gasteiger partial charge in [-0.2, -0.15) is 13.2 Å². The van der Waals surface area contributed by atoms with E-state index in [4.69, 9.17) is 9.47 Å². The first-order valence-electron chi connectivity index (χ1n) is 11.6. The number of alkyl halides is 3. The Labute approximate surface area is 211 Å². The van der Waals surface area contributed by atoms with E-state index in [1.165, 1.54) is 0 Å². The van der Waals surface area contributed by atoms with Gasteiger partial charge in [0.25, 0.3) is 5.91 Å². The first-order valence-corrected chi connectivity index (χ1v) is 12.4. The highest BCUT2D eigenvalue weighted by Crippen LogP contribution is 2.33. The van der Waals surface area contributed by atoms with E-state index in [9.17, 15) is 18.0 Å². The Hall–Kier alpha value is -3.05. The maximum absolute atomic E-state index is 13.1. The van der Waals surface area contributed by atoms with Crippen molar-refractivity contribution in [1.29, 1.82) is 0 Å². The molecule has 3 aromatic rings. The minimum Gasteiger partial charge on any atom is -0.493 e. The molecule has 1 amide bonds. The third kappa shape index (κ3) is 6.38. The number of amides is 1. The maximum Gasteiger partial charge on any atom is 0.451 e. The normalized spacial score (nSPS) is 16.8. The molecule has 0 radical (unpaired) electrons. The van der Waals surface area contributed by atoms with Crippen molar-refractivity contribution >= 4 is 17.2 Å². The zero-order valence-electron chi connectivity index (χ0n) is 20.1. The molecule has 1 saturated heterocycles. The summed E-state index contributed by atoms with van der Waals surface area (Å²) in [7, 11) is 0. The molecule has 0 aliphatic carbocycles. The molecule has 0 bridgehead atoms. The van der Waals surface area contributed by atoms with Gasteiger partial charge >= 0.3 is 6.18 Å². The van der Waals surface area contributed by atoms with Crippen LogP contribution in [0.15, 0.2) is 36.8 Å². The molecule has 36 heavy (non-hydrogen) atoms. The Balaban J connectivity index is 1.55.